The highest BCUT2D eigenvalue weighted by molar-refractivity contribution is 5.95. The Morgan fingerprint density at radius 3 is 2.64 bits per heavy atom. The summed E-state index contributed by atoms with van der Waals surface area (Å²) in [5.41, 5.74) is 7.36. The molecule has 0 radical (unpaired) electrons. The third-order valence-corrected chi connectivity index (χ3v) is 3.32. The first-order chi connectivity index (χ1) is 12.0. The van der Waals surface area contributed by atoms with Crippen LogP contribution in [-0.4, -0.2) is 33.7 Å². The van der Waals surface area contributed by atoms with E-state index in [0.717, 1.165) is 0 Å². The molecule has 0 atom stereocenters. The Balaban J connectivity index is 1.82. The number of aliphatic carboxylic acids is 1. The number of benzene rings is 2. The molecule has 0 amide bonds. The van der Waals surface area contributed by atoms with Crippen molar-refractivity contribution in [1.82, 2.24) is 10.1 Å². The minimum atomic E-state index is -1.05. The lowest BCUT2D eigenvalue weighted by molar-refractivity contribution is -0.139. The Bertz CT molecular complexity index is 918. The number of amidine groups is 1. The Morgan fingerprint density at radius 1 is 1.20 bits per heavy atom. The van der Waals surface area contributed by atoms with E-state index < -0.39 is 12.6 Å². The lowest BCUT2D eigenvalue weighted by Crippen LogP contribution is -2.10. The van der Waals surface area contributed by atoms with Crippen molar-refractivity contribution in [3.8, 4) is 28.6 Å². The van der Waals surface area contributed by atoms with E-state index in [1.165, 1.54) is 0 Å². The number of nitrogen functional groups attached to an aromatic ring is 1. The van der Waals surface area contributed by atoms with Crippen molar-refractivity contribution in [3.63, 3.8) is 0 Å². The van der Waals surface area contributed by atoms with E-state index in [2.05, 4.69) is 10.1 Å². The molecule has 8 heteroatoms. The van der Waals surface area contributed by atoms with Crippen LogP contribution in [0.1, 0.15) is 5.56 Å². The molecule has 0 aliphatic carbocycles. The second kappa shape index (κ2) is 6.83. The molecule has 1 heterocycles. The van der Waals surface area contributed by atoms with Gasteiger partial charge in [0.1, 0.15) is 11.6 Å². The van der Waals surface area contributed by atoms with Gasteiger partial charge >= 0.3 is 5.97 Å². The highest BCUT2D eigenvalue weighted by Gasteiger charge is 2.12. The molecule has 3 aromatic rings. The molecule has 3 rings (SSSR count). The van der Waals surface area contributed by atoms with Crippen molar-refractivity contribution in [2.45, 2.75) is 0 Å². The van der Waals surface area contributed by atoms with Crippen LogP contribution in [0.5, 0.6) is 5.75 Å². The number of nitrogens with two attached hydrogens (primary N) is 1. The monoisotopic (exact) mass is 338 g/mol. The van der Waals surface area contributed by atoms with Gasteiger partial charge < -0.3 is 20.1 Å². The van der Waals surface area contributed by atoms with E-state index in [0.29, 0.717) is 34.2 Å². The molecule has 8 nitrogen and oxygen atoms in total. The second-order valence-corrected chi connectivity index (χ2v) is 5.12. The predicted molar refractivity (Wildman–Crippen MR) is 89.3 cm³/mol. The molecule has 25 heavy (non-hydrogen) atoms. The van der Waals surface area contributed by atoms with E-state index in [9.17, 15) is 4.79 Å². The largest absolute Gasteiger partial charge is 0.482 e. The Hall–Kier alpha value is -3.68. The summed E-state index contributed by atoms with van der Waals surface area (Å²) in [7, 11) is 0. The Morgan fingerprint density at radius 2 is 1.96 bits per heavy atom. The molecule has 126 valence electrons. The third kappa shape index (κ3) is 3.81. The number of ether oxygens (including phenoxy) is 1. The minimum Gasteiger partial charge on any atom is -0.482 e. The molecule has 0 saturated carbocycles. The number of carbonyl (C=O) groups is 1. The van der Waals surface area contributed by atoms with E-state index in [-0.39, 0.29) is 5.84 Å². The zero-order valence-electron chi connectivity index (χ0n) is 13.0. The van der Waals surface area contributed by atoms with Crippen molar-refractivity contribution >= 4 is 11.8 Å². The molecule has 0 aliphatic rings. The summed E-state index contributed by atoms with van der Waals surface area (Å²) in [5.74, 6) is 0.00245. The van der Waals surface area contributed by atoms with Gasteiger partial charge in [-0.15, -0.1) is 0 Å². The molecule has 0 fully saturated rings. The van der Waals surface area contributed by atoms with E-state index >= 15 is 0 Å². The van der Waals surface area contributed by atoms with Crippen LogP contribution in [0, 0.1) is 5.41 Å². The summed E-state index contributed by atoms with van der Waals surface area (Å²) in [5, 5.41) is 20.0. The molecule has 1 aromatic heterocycles. The Labute approximate surface area is 142 Å². The fourth-order valence-corrected chi connectivity index (χ4v) is 2.12. The minimum absolute atomic E-state index is 0.0176. The van der Waals surface area contributed by atoms with Crippen LogP contribution >= 0.6 is 0 Å². The van der Waals surface area contributed by atoms with Gasteiger partial charge in [0.05, 0.1) is 0 Å². The van der Waals surface area contributed by atoms with Gasteiger partial charge in [0.2, 0.25) is 5.82 Å². The van der Waals surface area contributed by atoms with Crippen molar-refractivity contribution in [2.75, 3.05) is 6.61 Å². The highest BCUT2D eigenvalue weighted by Crippen LogP contribution is 2.25. The van der Waals surface area contributed by atoms with Gasteiger partial charge in [0, 0.05) is 16.7 Å². The molecule has 0 aliphatic heterocycles. The van der Waals surface area contributed by atoms with Crippen molar-refractivity contribution in [3.05, 3.63) is 54.1 Å². The fourth-order valence-electron chi connectivity index (χ4n) is 2.12. The Kier molecular flexibility index (Phi) is 4.42. The maximum Gasteiger partial charge on any atom is 0.341 e. The van der Waals surface area contributed by atoms with Crippen molar-refractivity contribution in [2.24, 2.45) is 5.73 Å². The predicted octanol–water partition coefficient (Wildman–Crippen LogP) is 2.15. The van der Waals surface area contributed by atoms with Gasteiger partial charge in [-0.2, -0.15) is 4.98 Å². The quantitative estimate of drug-likeness (QED) is 0.463. The number of carboxylic acids is 1. The summed E-state index contributed by atoms with van der Waals surface area (Å²) in [6.45, 7) is -0.427. The number of carboxylic acid groups (broad SMARTS) is 1. The molecule has 4 N–H and O–H groups in total. The number of nitrogens with zero attached hydrogens (tertiary/aromatic N) is 2. The van der Waals surface area contributed by atoms with Gasteiger partial charge in [-0.05, 0) is 24.3 Å². The first-order valence-electron chi connectivity index (χ1n) is 7.26. The van der Waals surface area contributed by atoms with Crippen LogP contribution in [0.3, 0.4) is 0 Å². The molecule has 0 saturated heterocycles. The number of aromatic nitrogens is 2. The van der Waals surface area contributed by atoms with Crippen LogP contribution in [0.15, 0.2) is 53.1 Å². The maximum atomic E-state index is 10.6. The molecular formula is C17H14N4O4. The van der Waals surface area contributed by atoms with Crippen LogP contribution < -0.4 is 10.5 Å². The zero-order chi connectivity index (χ0) is 17.8. The van der Waals surface area contributed by atoms with Crippen LogP contribution in [0.4, 0.5) is 0 Å². The molecule has 0 unspecified atom stereocenters. The first kappa shape index (κ1) is 16.2. The summed E-state index contributed by atoms with van der Waals surface area (Å²) in [6, 6.07) is 13.6. The van der Waals surface area contributed by atoms with Crippen LogP contribution in [0.2, 0.25) is 0 Å². The van der Waals surface area contributed by atoms with Crippen molar-refractivity contribution in [1.29, 1.82) is 5.41 Å². The second-order valence-electron chi connectivity index (χ2n) is 5.12. The van der Waals surface area contributed by atoms with Gasteiger partial charge in [-0.25, -0.2) is 4.79 Å². The van der Waals surface area contributed by atoms with Crippen LogP contribution in [0.25, 0.3) is 22.8 Å². The van der Waals surface area contributed by atoms with E-state index in [4.69, 9.17) is 25.5 Å². The van der Waals surface area contributed by atoms with Gasteiger partial charge in [0.25, 0.3) is 5.89 Å². The maximum absolute atomic E-state index is 10.6. The fraction of sp³-hybridized carbons (Fsp3) is 0.0588. The van der Waals surface area contributed by atoms with Gasteiger partial charge in [-0.1, -0.05) is 29.4 Å². The van der Waals surface area contributed by atoms with Gasteiger partial charge in [-0.3, -0.25) is 5.41 Å². The number of hydrogen-bond acceptors (Lipinski definition) is 6. The highest BCUT2D eigenvalue weighted by atomic mass is 16.5. The summed E-state index contributed by atoms with van der Waals surface area (Å²) in [4.78, 5) is 14.9. The molecule has 0 spiro atoms. The smallest absolute Gasteiger partial charge is 0.341 e. The lowest BCUT2D eigenvalue weighted by Gasteiger charge is -2.03. The van der Waals surface area contributed by atoms with Crippen molar-refractivity contribution < 1.29 is 19.2 Å². The topological polar surface area (TPSA) is 135 Å². The first-order valence-corrected chi connectivity index (χ1v) is 7.26. The van der Waals surface area contributed by atoms with Gasteiger partial charge in [0.15, 0.2) is 6.61 Å². The van der Waals surface area contributed by atoms with E-state index in [1.54, 1.807) is 48.5 Å². The standard InChI is InChI=1S/C17H14N4O4/c18-15(19)10-4-6-11(7-5-10)17-20-16(21-25-17)12-2-1-3-13(8-12)24-9-14(22)23/h1-8H,9H2,(H3,18,19)(H,22,23). The van der Waals surface area contributed by atoms with E-state index in [1.807, 2.05) is 0 Å². The SMILES string of the molecule is N=C(N)c1ccc(-c2nc(-c3cccc(OCC(=O)O)c3)no2)cc1. The normalized spacial score (nSPS) is 10.4. The summed E-state index contributed by atoms with van der Waals surface area (Å²) >= 11 is 0. The molecule has 0 bridgehead atoms. The molecule has 2 aromatic carbocycles. The number of hydrogen-bond donors (Lipinski definition) is 3. The number of rotatable bonds is 6. The summed E-state index contributed by atoms with van der Waals surface area (Å²) < 4.78 is 10.4. The lowest BCUT2D eigenvalue weighted by atomic mass is 10.1. The third-order valence-electron chi connectivity index (χ3n) is 3.32. The number of nitrogens with one attached hydrogen (secondary N) is 1. The van der Waals surface area contributed by atoms with Crippen LogP contribution in [-0.2, 0) is 4.79 Å². The zero-order valence-corrected chi connectivity index (χ0v) is 13.0. The molecular weight excluding hydrogens is 324 g/mol. The average Bonchev–Trinajstić information content (AvgIpc) is 3.10. The average molecular weight is 338 g/mol. The summed E-state index contributed by atoms with van der Waals surface area (Å²) in [6.07, 6.45) is 0.